The second-order valence-electron chi connectivity index (χ2n) is 5.37. The number of carbonyl (C=O) groups excluding carboxylic acids is 1. The summed E-state index contributed by atoms with van der Waals surface area (Å²) in [5.41, 5.74) is 1.78. The molecule has 0 fully saturated rings. The number of hydrogen-bond acceptors (Lipinski definition) is 4. The molecule has 0 unspecified atom stereocenters. The number of amides is 1. The fraction of sp³-hybridized carbons (Fsp3) is 0.375. The molecular weight excluding hydrogens is 270 g/mol. The SMILES string of the molecule is Cc1cc2oc(=O)cc(C)c2cc1OCC(=O)NC(C)C. The van der Waals surface area contributed by atoms with E-state index in [1.165, 1.54) is 6.07 Å². The molecule has 0 bridgehead atoms. The van der Waals surface area contributed by atoms with Gasteiger partial charge in [0.25, 0.3) is 5.91 Å². The van der Waals surface area contributed by atoms with Gasteiger partial charge in [0.2, 0.25) is 0 Å². The number of hydrogen-bond donors (Lipinski definition) is 1. The van der Waals surface area contributed by atoms with Crippen molar-refractivity contribution in [3.8, 4) is 5.75 Å². The molecule has 21 heavy (non-hydrogen) atoms. The quantitative estimate of drug-likeness (QED) is 0.877. The Balaban J connectivity index is 2.27. The zero-order valence-corrected chi connectivity index (χ0v) is 12.6. The van der Waals surface area contributed by atoms with Gasteiger partial charge in [0.05, 0.1) is 0 Å². The van der Waals surface area contributed by atoms with Gasteiger partial charge < -0.3 is 14.5 Å². The van der Waals surface area contributed by atoms with Crippen molar-refractivity contribution in [1.82, 2.24) is 5.32 Å². The van der Waals surface area contributed by atoms with Crippen LogP contribution in [0.2, 0.25) is 0 Å². The third-order valence-electron chi connectivity index (χ3n) is 3.06. The van der Waals surface area contributed by atoms with Gasteiger partial charge in [-0.3, -0.25) is 4.79 Å². The zero-order chi connectivity index (χ0) is 15.6. The van der Waals surface area contributed by atoms with Gasteiger partial charge in [-0.25, -0.2) is 4.79 Å². The summed E-state index contributed by atoms with van der Waals surface area (Å²) in [5.74, 6) is 0.444. The summed E-state index contributed by atoms with van der Waals surface area (Å²) in [7, 11) is 0. The van der Waals surface area contributed by atoms with Crippen LogP contribution in [-0.2, 0) is 4.79 Å². The van der Waals surface area contributed by atoms with Crippen LogP contribution in [0.3, 0.4) is 0 Å². The van der Waals surface area contributed by atoms with Gasteiger partial charge in [-0.15, -0.1) is 0 Å². The van der Waals surface area contributed by atoms with Crippen molar-refractivity contribution in [2.45, 2.75) is 33.7 Å². The molecule has 0 aliphatic rings. The summed E-state index contributed by atoms with van der Waals surface area (Å²) in [5, 5.41) is 3.57. The molecule has 0 saturated heterocycles. The summed E-state index contributed by atoms with van der Waals surface area (Å²) in [6.45, 7) is 7.43. The fourth-order valence-electron chi connectivity index (χ4n) is 2.11. The highest BCUT2D eigenvalue weighted by Crippen LogP contribution is 2.26. The first kappa shape index (κ1) is 15.1. The second-order valence-corrected chi connectivity index (χ2v) is 5.37. The van der Waals surface area contributed by atoms with Crippen LogP contribution in [-0.4, -0.2) is 18.6 Å². The number of carbonyl (C=O) groups is 1. The molecule has 1 aromatic carbocycles. The number of benzene rings is 1. The summed E-state index contributed by atoms with van der Waals surface area (Å²) in [6.07, 6.45) is 0. The Hall–Kier alpha value is -2.30. The maximum atomic E-state index is 11.6. The number of nitrogens with one attached hydrogen (secondary N) is 1. The average Bonchev–Trinajstić information content (AvgIpc) is 2.35. The molecule has 0 aliphatic heterocycles. The van der Waals surface area contributed by atoms with E-state index >= 15 is 0 Å². The summed E-state index contributed by atoms with van der Waals surface area (Å²) >= 11 is 0. The van der Waals surface area contributed by atoms with E-state index in [2.05, 4.69) is 5.32 Å². The third kappa shape index (κ3) is 3.62. The van der Waals surface area contributed by atoms with E-state index in [1.807, 2.05) is 27.7 Å². The number of ether oxygens (including phenoxy) is 1. The third-order valence-corrected chi connectivity index (χ3v) is 3.06. The predicted octanol–water partition coefficient (Wildman–Crippen LogP) is 2.31. The summed E-state index contributed by atoms with van der Waals surface area (Å²) in [4.78, 5) is 23.0. The van der Waals surface area contributed by atoms with Crippen LogP contribution in [0.4, 0.5) is 0 Å². The Bertz CT molecular complexity index is 731. The van der Waals surface area contributed by atoms with Crippen molar-refractivity contribution in [3.63, 3.8) is 0 Å². The van der Waals surface area contributed by atoms with Crippen molar-refractivity contribution in [2.75, 3.05) is 6.61 Å². The van der Waals surface area contributed by atoms with Gasteiger partial charge in [0.15, 0.2) is 6.61 Å². The van der Waals surface area contributed by atoms with Gasteiger partial charge in [0, 0.05) is 17.5 Å². The lowest BCUT2D eigenvalue weighted by molar-refractivity contribution is -0.123. The van der Waals surface area contributed by atoms with E-state index in [4.69, 9.17) is 9.15 Å². The van der Waals surface area contributed by atoms with Crippen molar-refractivity contribution < 1.29 is 13.9 Å². The number of aryl methyl sites for hydroxylation is 2. The molecule has 0 aliphatic carbocycles. The van der Waals surface area contributed by atoms with E-state index in [9.17, 15) is 9.59 Å². The molecule has 0 radical (unpaired) electrons. The van der Waals surface area contributed by atoms with E-state index in [0.29, 0.717) is 11.3 Å². The van der Waals surface area contributed by atoms with Crippen LogP contribution >= 0.6 is 0 Å². The highest BCUT2D eigenvalue weighted by atomic mass is 16.5. The molecule has 5 heteroatoms. The highest BCUT2D eigenvalue weighted by molar-refractivity contribution is 5.83. The minimum atomic E-state index is -0.371. The first-order chi connectivity index (χ1) is 9.86. The lowest BCUT2D eigenvalue weighted by atomic mass is 10.1. The van der Waals surface area contributed by atoms with Gasteiger partial charge in [0.1, 0.15) is 11.3 Å². The monoisotopic (exact) mass is 289 g/mol. The summed E-state index contributed by atoms with van der Waals surface area (Å²) < 4.78 is 10.7. The molecule has 1 aromatic heterocycles. The maximum absolute atomic E-state index is 11.6. The van der Waals surface area contributed by atoms with Gasteiger partial charge >= 0.3 is 5.63 Å². The minimum Gasteiger partial charge on any atom is -0.483 e. The average molecular weight is 289 g/mol. The Labute approximate surface area is 122 Å². The molecule has 2 rings (SSSR count). The van der Waals surface area contributed by atoms with Crippen LogP contribution < -0.4 is 15.7 Å². The molecule has 0 spiro atoms. The van der Waals surface area contributed by atoms with E-state index in [-0.39, 0.29) is 24.2 Å². The maximum Gasteiger partial charge on any atom is 0.336 e. The van der Waals surface area contributed by atoms with Gasteiger partial charge in [-0.1, -0.05) is 0 Å². The van der Waals surface area contributed by atoms with Crippen LogP contribution in [0.1, 0.15) is 25.0 Å². The molecule has 112 valence electrons. The van der Waals surface area contributed by atoms with Crippen molar-refractivity contribution in [1.29, 1.82) is 0 Å². The van der Waals surface area contributed by atoms with Crippen molar-refractivity contribution >= 4 is 16.9 Å². The molecule has 1 N–H and O–H groups in total. The van der Waals surface area contributed by atoms with E-state index in [0.717, 1.165) is 16.5 Å². The van der Waals surface area contributed by atoms with Gasteiger partial charge in [-0.2, -0.15) is 0 Å². The molecule has 5 nitrogen and oxygen atoms in total. The van der Waals surface area contributed by atoms with Crippen LogP contribution in [0.15, 0.2) is 27.4 Å². The molecule has 2 aromatic rings. The van der Waals surface area contributed by atoms with Crippen molar-refractivity contribution in [2.24, 2.45) is 0 Å². The Morgan fingerprint density at radius 1 is 1.24 bits per heavy atom. The zero-order valence-electron chi connectivity index (χ0n) is 12.6. The Kier molecular flexibility index (Phi) is 4.31. The predicted molar refractivity (Wildman–Crippen MR) is 80.7 cm³/mol. The molecule has 0 saturated carbocycles. The lowest BCUT2D eigenvalue weighted by Crippen LogP contribution is -2.34. The smallest absolute Gasteiger partial charge is 0.336 e. The first-order valence-corrected chi connectivity index (χ1v) is 6.84. The Morgan fingerprint density at radius 2 is 1.95 bits per heavy atom. The molecule has 1 amide bonds. The second kappa shape index (κ2) is 5.99. The minimum absolute atomic E-state index is 0.0413. The topological polar surface area (TPSA) is 68.5 Å². The van der Waals surface area contributed by atoms with Crippen LogP contribution in [0, 0.1) is 13.8 Å². The lowest BCUT2D eigenvalue weighted by Gasteiger charge is -2.12. The van der Waals surface area contributed by atoms with Crippen molar-refractivity contribution in [3.05, 3.63) is 39.7 Å². The molecule has 1 heterocycles. The van der Waals surface area contributed by atoms with Crippen LogP contribution in [0.25, 0.3) is 11.0 Å². The Morgan fingerprint density at radius 3 is 2.62 bits per heavy atom. The highest BCUT2D eigenvalue weighted by Gasteiger charge is 2.10. The van der Waals surface area contributed by atoms with E-state index in [1.54, 1.807) is 12.1 Å². The standard InChI is InChI=1S/C16H19NO4/c1-9(2)17-15(18)8-20-13-7-12-10(3)6-16(19)21-14(12)5-11(13)4/h5-7,9H,8H2,1-4H3,(H,17,18). The molecular formula is C16H19NO4. The van der Waals surface area contributed by atoms with E-state index < -0.39 is 0 Å². The first-order valence-electron chi connectivity index (χ1n) is 6.84. The summed E-state index contributed by atoms with van der Waals surface area (Å²) in [6, 6.07) is 5.06. The number of rotatable bonds is 4. The fourth-order valence-corrected chi connectivity index (χ4v) is 2.11. The largest absolute Gasteiger partial charge is 0.483 e. The number of fused-ring (bicyclic) bond motifs is 1. The van der Waals surface area contributed by atoms with Crippen LogP contribution in [0.5, 0.6) is 5.75 Å². The normalized spacial score (nSPS) is 10.9. The van der Waals surface area contributed by atoms with Gasteiger partial charge in [-0.05, 0) is 51.0 Å². The molecule has 0 atom stereocenters.